The van der Waals surface area contributed by atoms with Gasteiger partial charge in [0, 0.05) is 37.8 Å². The first-order chi connectivity index (χ1) is 13.5. The first-order valence-corrected chi connectivity index (χ1v) is 9.65. The molecule has 1 fully saturated rings. The van der Waals surface area contributed by atoms with Crippen LogP contribution in [0.25, 0.3) is 0 Å². The first-order valence-electron chi connectivity index (χ1n) is 9.65. The van der Waals surface area contributed by atoms with Gasteiger partial charge < -0.3 is 15.0 Å². The van der Waals surface area contributed by atoms with Crippen molar-refractivity contribution in [2.24, 2.45) is 0 Å². The lowest BCUT2D eigenvalue weighted by Gasteiger charge is -2.34. The zero-order valence-electron chi connectivity index (χ0n) is 16.4. The van der Waals surface area contributed by atoms with Crippen LogP contribution in [0.1, 0.15) is 24.2 Å². The van der Waals surface area contributed by atoms with E-state index in [1.807, 2.05) is 67.3 Å². The summed E-state index contributed by atoms with van der Waals surface area (Å²) in [6.45, 7) is 6.87. The van der Waals surface area contributed by atoms with Gasteiger partial charge in [-0.1, -0.05) is 24.3 Å². The lowest BCUT2D eigenvalue weighted by molar-refractivity contribution is -0.123. The molecule has 6 nitrogen and oxygen atoms in total. The molecule has 1 aliphatic rings. The van der Waals surface area contributed by atoms with E-state index in [0.717, 1.165) is 5.75 Å². The molecule has 2 aromatic rings. The number of benzene rings is 2. The van der Waals surface area contributed by atoms with E-state index in [9.17, 15) is 9.59 Å². The Kier molecular flexibility index (Phi) is 6.66. The summed E-state index contributed by atoms with van der Waals surface area (Å²) in [5.74, 6) is 1.40. The average molecular weight is 381 g/mol. The van der Waals surface area contributed by atoms with Gasteiger partial charge >= 0.3 is 0 Å². The normalized spacial score (nSPS) is 14.8. The monoisotopic (exact) mass is 381 g/mol. The summed E-state index contributed by atoms with van der Waals surface area (Å²) in [4.78, 5) is 28.7. The van der Waals surface area contributed by atoms with Crippen molar-refractivity contribution in [2.45, 2.75) is 19.9 Å². The highest BCUT2D eigenvalue weighted by molar-refractivity contribution is 5.94. The lowest BCUT2D eigenvalue weighted by Crippen LogP contribution is -2.51. The number of piperazine rings is 1. The number of carbonyl (C=O) groups is 2. The molecule has 0 radical (unpaired) electrons. The van der Waals surface area contributed by atoms with Crippen LogP contribution in [-0.2, 0) is 4.79 Å². The second-order valence-electron chi connectivity index (χ2n) is 7.23. The van der Waals surface area contributed by atoms with Gasteiger partial charge in [0.2, 0.25) is 5.91 Å². The molecule has 1 aliphatic heterocycles. The molecule has 0 unspecified atom stereocenters. The third-order valence-electron chi connectivity index (χ3n) is 4.54. The maximum absolute atomic E-state index is 12.9. The van der Waals surface area contributed by atoms with Crippen LogP contribution in [0.2, 0.25) is 0 Å². The summed E-state index contributed by atoms with van der Waals surface area (Å²) in [6.07, 6.45) is 0. The van der Waals surface area contributed by atoms with Gasteiger partial charge in [-0.25, -0.2) is 0 Å². The molecular formula is C22H27N3O3. The maximum Gasteiger partial charge on any atom is 0.254 e. The van der Waals surface area contributed by atoms with Crippen LogP contribution in [0.15, 0.2) is 54.6 Å². The maximum atomic E-state index is 12.9. The van der Waals surface area contributed by atoms with Crippen molar-refractivity contribution < 1.29 is 14.3 Å². The SMILES string of the molecule is CC(C)NC(=O)CN1CCN(C(=O)c2cccc(Oc3ccccc3)c2)CC1. The smallest absolute Gasteiger partial charge is 0.254 e. The minimum atomic E-state index is -0.00945. The summed E-state index contributed by atoms with van der Waals surface area (Å²) >= 11 is 0. The summed E-state index contributed by atoms with van der Waals surface area (Å²) < 4.78 is 5.83. The van der Waals surface area contributed by atoms with Crippen molar-refractivity contribution in [1.82, 2.24) is 15.1 Å². The third kappa shape index (κ3) is 5.57. The molecule has 0 bridgehead atoms. The summed E-state index contributed by atoms with van der Waals surface area (Å²) in [6, 6.07) is 16.9. The molecule has 0 aliphatic carbocycles. The molecule has 0 saturated carbocycles. The first kappa shape index (κ1) is 19.9. The molecular weight excluding hydrogens is 354 g/mol. The average Bonchev–Trinajstić information content (AvgIpc) is 2.68. The van der Waals surface area contributed by atoms with Gasteiger partial charge in [-0.3, -0.25) is 14.5 Å². The zero-order valence-corrected chi connectivity index (χ0v) is 16.4. The highest BCUT2D eigenvalue weighted by atomic mass is 16.5. The molecule has 28 heavy (non-hydrogen) atoms. The molecule has 3 rings (SSSR count). The van der Waals surface area contributed by atoms with E-state index in [1.54, 1.807) is 6.07 Å². The second kappa shape index (κ2) is 9.37. The van der Waals surface area contributed by atoms with E-state index >= 15 is 0 Å². The number of hydrogen-bond acceptors (Lipinski definition) is 4. The van der Waals surface area contributed by atoms with Crippen molar-refractivity contribution in [3.8, 4) is 11.5 Å². The number of rotatable bonds is 6. The molecule has 2 aromatic carbocycles. The van der Waals surface area contributed by atoms with Crippen LogP contribution < -0.4 is 10.1 Å². The van der Waals surface area contributed by atoms with Crippen LogP contribution in [0.5, 0.6) is 11.5 Å². The van der Waals surface area contributed by atoms with E-state index < -0.39 is 0 Å². The Labute approximate surface area is 166 Å². The summed E-state index contributed by atoms with van der Waals surface area (Å²) in [5.41, 5.74) is 0.611. The van der Waals surface area contributed by atoms with Crippen LogP contribution in [0.3, 0.4) is 0 Å². The molecule has 2 amide bonds. The van der Waals surface area contributed by atoms with Gasteiger partial charge in [0.05, 0.1) is 6.54 Å². The van der Waals surface area contributed by atoms with Gasteiger partial charge in [0.25, 0.3) is 5.91 Å². The van der Waals surface area contributed by atoms with Crippen LogP contribution in [-0.4, -0.2) is 60.4 Å². The quantitative estimate of drug-likeness (QED) is 0.836. The summed E-state index contributed by atoms with van der Waals surface area (Å²) in [5, 5.41) is 2.90. The summed E-state index contributed by atoms with van der Waals surface area (Å²) in [7, 11) is 0. The Morgan fingerprint density at radius 2 is 1.64 bits per heavy atom. The van der Waals surface area contributed by atoms with Gasteiger partial charge in [-0.05, 0) is 44.2 Å². The molecule has 0 atom stereocenters. The van der Waals surface area contributed by atoms with E-state index in [-0.39, 0.29) is 17.9 Å². The lowest BCUT2D eigenvalue weighted by atomic mass is 10.1. The predicted octanol–water partition coefficient (Wildman–Crippen LogP) is 2.76. The van der Waals surface area contributed by atoms with Gasteiger partial charge in [0.15, 0.2) is 0 Å². The minimum Gasteiger partial charge on any atom is -0.457 e. The van der Waals surface area contributed by atoms with E-state index in [1.165, 1.54) is 0 Å². The molecule has 1 N–H and O–H groups in total. The van der Waals surface area contributed by atoms with Gasteiger partial charge in [-0.15, -0.1) is 0 Å². The number of para-hydroxylation sites is 1. The van der Waals surface area contributed by atoms with Crippen molar-refractivity contribution in [2.75, 3.05) is 32.7 Å². The third-order valence-corrected chi connectivity index (χ3v) is 4.54. The van der Waals surface area contributed by atoms with Crippen LogP contribution >= 0.6 is 0 Å². The van der Waals surface area contributed by atoms with Crippen molar-refractivity contribution >= 4 is 11.8 Å². The molecule has 1 saturated heterocycles. The Morgan fingerprint density at radius 3 is 2.32 bits per heavy atom. The van der Waals surface area contributed by atoms with Gasteiger partial charge in [-0.2, -0.15) is 0 Å². The fourth-order valence-electron chi connectivity index (χ4n) is 3.18. The highest BCUT2D eigenvalue weighted by Gasteiger charge is 2.23. The number of carbonyl (C=O) groups excluding carboxylic acids is 2. The standard InChI is InChI=1S/C22H27N3O3/c1-17(2)23-21(26)16-24-11-13-25(14-12-24)22(27)18-7-6-10-20(15-18)28-19-8-4-3-5-9-19/h3-10,15,17H,11-14,16H2,1-2H3,(H,23,26). The van der Waals surface area contributed by atoms with Crippen LogP contribution in [0, 0.1) is 0 Å². The Hall–Kier alpha value is -2.86. The topological polar surface area (TPSA) is 61.9 Å². The van der Waals surface area contributed by atoms with E-state index in [4.69, 9.17) is 4.74 Å². The number of amides is 2. The largest absolute Gasteiger partial charge is 0.457 e. The number of nitrogens with zero attached hydrogens (tertiary/aromatic N) is 2. The Bertz CT molecular complexity index is 800. The molecule has 6 heteroatoms. The number of hydrogen-bond donors (Lipinski definition) is 1. The number of ether oxygens (including phenoxy) is 1. The zero-order chi connectivity index (χ0) is 19.9. The fraction of sp³-hybridized carbons (Fsp3) is 0.364. The minimum absolute atomic E-state index is 0.00945. The second-order valence-corrected chi connectivity index (χ2v) is 7.23. The van der Waals surface area contributed by atoms with Gasteiger partial charge in [0.1, 0.15) is 11.5 Å². The fourth-order valence-corrected chi connectivity index (χ4v) is 3.18. The van der Waals surface area contributed by atoms with Crippen molar-refractivity contribution in [3.63, 3.8) is 0 Å². The van der Waals surface area contributed by atoms with Crippen molar-refractivity contribution in [3.05, 3.63) is 60.2 Å². The van der Waals surface area contributed by atoms with Crippen molar-refractivity contribution in [1.29, 1.82) is 0 Å². The predicted molar refractivity (Wildman–Crippen MR) is 109 cm³/mol. The number of nitrogens with one attached hydrogen (secondary N) is 1. The van der Waals surface area contributed by atoms with Crippen LogP contribution in [0.4, 0.5) is 0 Å². The van der Waals surface area contributed by atoms with E-state index in [2.05, 4.69) is 10.2 Å². The Morgan fingerprint density at radius 1 is 0.964 bits per heavy atom. The highest BCUT2D eigenvalue weighted by Crippen LogP contribution is 2.22. The van der Waals surface area contributed by atoms with E-state index in [0.29, 0.717) is 44.0 Å². The molecule has 1 heterocycles. The Balaban J connectivity index is 1.55. The molecule has 0 aromatic heterocycles. The molecule has 0 spiro atoms. The molecule has 148 valence electrons.